The summed E-state index contributed by atoms with van der Waals surface area (Å²) in [4.78, 5) is 0. The highest BCUT2D eigenvalue weighted by molar-refractivity contribution is 6.97. The summed E-state index contributed by atoms with van der Waals surface area (Å²) < 4.78 is 31.6. The van der Waals surface area contributed by atoms with E-state index in [0.717, 1.165) is 158 Å². The average molecular weight is 1540 g/mol. The third-order valence-corrected chi connectivity index (χ3v) is 43.4. The van der Waals surface area contributed by atoms with E-state index in [4.69, 9.17) is 22.4 Å². The molecular formula is C101H134O5Si4. The van der Waals surface area contributed by atoms with Gasteiger partial charge in [0.1, 0.15) is 0 Å². The van der Waals surface area contributed by atoms with E-state index in [1.807, 2.05) is 0 Å². The SMILES string of the molecule is CC1CC2C=CC1C2.CC1CC2C=CC1C2.CC[Si](C)(OCC1CC2C=CC1C2)c1ccccc1.CC[Si](OCC1CC2C=CC1C2)(c1ccccc1)c1ccccc1.COCC1CC2C=CC1C2.C[Si](C)(OCC1CC2C=CC1C2)c1ccccc1.C[Si](OCC1CC2C=CC1C2)(c1ccccc1)c1ccccc1. The molecule has 0 N–H and O–H groups in total. The maximum atomic E-state index is 6.89. The zero-order chi connectivity index (χ0) is 76.1. The molecule has 14 aliphatic rings. The number of rotatable bonds is 22. The van der Waals surface area contributed by atoms with Crippen LogP contribution in [0.5, 0.6) is 0 Å². The summed E-state index contributed by atoms with van der Waals surface area (Å²) in [6.45, 7) is 23.4. The smallest absolute Gasteiger partial charge is 0.255 e. The molecule has 20 rings (SSSR count). The Balaban J connectivity index is 0.000000110. The van der Waals surface area contributed by atoms with Crippen molar-refractivity contribution < 1.29 is 22.4 Å². The summed E-state index contributed by atoms with van der Waals surface area (Å²) in [7, 11) is -5.88. The highest BCUT2D eigenvalue weighted by Crippen LogP contribution is 2.49. The number of hydrogen-bond acceptors (Lipinski definition) is 5. The first-order chi connectivity index (χ1) is 53.5. The van der Waals surface area contributed by atoms with Crippen LogP contribution < -0.4 is 31.1 Å². The molecule has 110 heavy (non-hydrogen) atoms. The summed E-state index contributed by atoms with van der Waals surface area (Å²) in [6, 6.07) is 67.4. The summed E-state index contributed by atoms with van der Waals surface area (Å²) in [5, 5.41) is 8.38. The van der Waals surface area contributed by atoms with E-state index in [1.165, 1.54) is 121 Å². The average Bonchev–Trinajstić information content (AvgIpc) is 0.801. The van der Waals surface area contributed by atoms with Gasteiger partial charge in [0.25, 0.3) is 16.6 Å². The van der Waals surface area contributed by atoms with Crippen LogP contribution in [-0.4, -0.2) is 73.4 Å². The lowest BCUT2D eigenvalue weighted by molar-refractivity contribution is 0.140. The molecule has 22 unspecified atom stereocenters. The highest BCUT2D eigenvalue weighted by Gasteiger charge is 2.45. The van der Waals surface area contributed by atoms with Crippen molar-refractivity contribution in [3.8, 4) is 0 Å². The molecule has 14 aliphatic carbocycles. The van der Waals surface area contributed by atoms with Gasteiger partial charge in [0.2, 0.25) is 16.6 Å². The lowest BCUT2D eigenvalue weighted by Gasteiger charge is -2.33. The standard InChI is InChI=1S/C22H26OSi.C21H24OSi.C17H24OSi.C16H22OSi.C9H14O.2C8H12/c1-2-24(21-9-5-3-6-10-21,22-11-7-4-8-12-22)23-17-20-16-18-13-14-19(20)15-18;1-23(20-8-4-2-5-9-20,21-10-6-3-7-11-21)22-16-19-15-17-12-13-18(19)14-17;1-3-19(2,17-7-5-4-6-8-17)18-13-16-12-14-9-10-15(16)11-14;1-18(2,16-6-4-3-5-7-16)17-12-15-11-13-8-9-14(15)10-13;1-10-6-9-5-7-2-3-8(9)4-7;2*1-6-4-7-2-3-8(6)5-7/h3-14,18-20H,2,15-17H2,1H3;2-13,17-19H,14-16H2,1H3;4-10,14-16H,3,11-13H2,1-2H3;3-9,13-15H,10-12H2,1-2H3;2-3,7-9H,4-6H2,1H3;2*2-3,6-8H,4-5H2,1H3. The molecule has 0 aromatic heterocycles. The minimum atomic E-state index is -2.14. The quantitative estimate of drug-likeness (QED) is 0.0501. The van der Waals surface area contributed by atoms with Crippen molar-refractivity contribution in [1.29, 1.82) is 0 Å². The zero-order valence-electron chi connectivity index (χ0n) is 68.4. The minimum absolute atomic E-state index is 0.712. The third-order valence-electron chi connectivity index (χ3n) is 29.2. The van der Waals surface area contributed by atoms with E-state index in [2.05, 4.69) is 321 Å². The van der Waals surface area contributed by atoms with E-state index >= 15 is 0 Å². The normalized spacial score (nSPS) is 32.6. The molecule has 0 saturated heterocycles. The van der Waals surface area contributed by atoms with E-state index in [-0.39, 0.29) is 0 Å². The van der Waals surface area contributed by atoms with Crippen LogP contribution in [0, 0.1) is 124 Å². The van der Waals surface area contributed by atoms with Crippen LogP contribution in [-0.2, 0) is 22.4 Å². The first-order valence-corrected chi connectivity index (χ1v) is 53.8. The van der Waals surface area contributed by atoms with Gasteiger partial charge >= 0.3 is 0 Å². The molecule has 0 heterocycles. The Morgan fingerprint density at radius 1 is 0.264 bits per heavy atom. The molecule has 7 saturated carbocycles. The Kier molecular flexibility index (Phi) is 27.6. The lowest BCUT2D eigenvalue weighted by atomic mass is 9.95. The van der Waals surface area contributed by atoms with Crippen molar-refractivity contribution in [2.75, 3.05) is 40.1 Å². The predicted molar refractivity (Wildman–Crippen MR) is 473 cm³/mol. The van der Waals surface area contributed by atoms with Gasteiger partial charge in [-0.05, 0) is 284 Å². The highest BCUT2D eigenvalue weighted by atomic mass is 28.4. The fourth-order valence-corrected chi connectivity index (χ4v) is 32.7. The van der Waals surface area contributed by atoms with E-state index in [9.17, 15) is 0 Å². The minimum Gasteiger partial charge on any atom is -0.413 e. The molecule has 9 heteroatoms. The number of benzene rings is 6. The molecule has 0 radical (unpaired) electrons. The van der Waals surface area contributed by atoms with Crippen molar-refractivity contribution in [2.45, 2.75) is 156 Å². The van der Waals surface area contributed by atoms with Gasteiger partial charge in [0.05, 0.1) is 0 Å². The zero-order valence-corrected chi connectivity index (χ0v) is 72.4. The number of ether oxygens (including phenoxy) is 1. The Bertz CT molecular complexity index is 3920. The summed E-state index contributed by atoms with van der Waals surface area (Å²) in [6.07, 6.45) is 53.1. The van der Waals surface area contributed by atoms with Gasteiger partial charge in [-0.15, -0.1) is 0 Å². The van der Waals surface area contributed by atoms with Crippen LogP contribution in [0.4, 0.5) is 0 Å². The lowest BCUT2D eigenvalue weighted by Crippen LogP contribution is -2.60. The second-order valence-electron chi connectivity index (χ2n) is 36.9. The topological polar surface area (TPSA) is 46.2 Å². The Labute approximate surface area is 669 Å². The number of methoxy groups -OCH3 is 1. The van der Waals surface area contributed by atoms with E-state index in [0.29, 0.717) is 11.8 Å². The van der Waals surface area contributed by atoms with Gasteiger partial charge in [-0.1, -0.05) is 295 Å². The van der Waals surface area contributed by atoms with Crippen molar-refractivity contribution in [3.05, 3.63) is 267 Å². The molecule has 584 valence electrons. The predicted octanol–water partition coefficient (Wildman–Crippen LogP) is 20.9. The molecule has 6 aromatic carbocycles. The maximum Gasteiger partial charge on any atom is 0.255 e. The monoisotopic (exact) mass is 1540 g/mol. The molecule has 0 amide bonds. The number of allylic oxidation sites excluding steroid dienone is 14. The molecule has 0 aliphatic heterocycles. The van der Waals surface area contributed by atoms with Crippen molar-refractivity contribution >= 4 is 64.4 Å². The molecule has 6 aromatic rings. The first-order valence-electron chi connectivity index (χ1n) is 43.7. The van der Waals surface area contributed by atoms with Gasteiger partial charge in [0.15, 0.2) is 0 Å². The molecule has 0 spiro atoms. The van der Waals surface area contributed by atoms with E-state index < -0.39 is 33.3 Å². The second-order valence-corrected chi connectivity index (χ2v) is 52.2. The largest absolute Gasteiger partial charge is 0.413 e. The van der Waals surface area contributed by atoms with E-state index in [1.54, 1.807) is 7.11 Å². The first kappa shape index (κ1) is 80.8. The van der Waals surface area contributed by atoms with Crippen molar-refractivity contribution in [1.82, 2.24) is 0 Å². The third kappa shape index (κ3) is 19.7. The van der Waals surface area contributed by atoms with Gasteiger partial charge in [-0.3, -0.25) is 0 Å². The fraction of sp³-hybridized carbons (Fsp3) is 0.505. The summed E-state index contributed by atoms with van der Waals surface area (Å²) in [5.41, 5.74) is 0. The molecule has 14 bridgehead atoms. The van der Waals surface area contributed by atoms with Crippen molar-refractivity contribution in [2.24, 2.45) is 124 Å². The van der Waals surface area contributed by atoms with Crippen LogP contribution in [0.2, 0.25) is 38.3 Å². The summed E-state index contributed by atoms with van der Waals surface area (Å²) >= 11 is 0. The van der Waals surface area contributed by atoms with Gasteiger partial charge in [-0.2, -0.15) is 0 Å². The van der Waals surface area contributed by atoms with Crippen molar-refractivity contribution in [3.63, 3.8) is 0 Å². The molecule has 5 nitrogen and oxygen atoms in total. The Hall–Kier alpha value is -5.83. The molecular weight excluding hydrogens is 1410 g/mol. The van der Waals surface area contributed by atoms with Gasteiger partial charge < -0.3 is 22.4 Å². The van der Waals surface area contributed by atoms with Crippen LogP contribution in [0.1, 0.15) is 118 Å². The van der Waals surface area contributed by atoms with Crippen LogP contribution in [0.3, 0.4) is 0 Å². The van der Waals surface area contributed by atoms with Crippen LogP contribution in [0.25, 0.3) is 0 Å². The second kappa shape index (κ2) is 37.6. The number of fused-ring (bicyclic) bond motifs is 14. The summed E-state index contributed by atoms with van der Waals surface area (Å²) in [5.74, 6) is 17.8. The van der Waals surface area contributed by atoms with Gasteiger partial charge in [0, 0.05) is 40.1 Å². The van der Waals surface area contributed by atoms with Crippen LogP contribution in [0.15, 0.2) is 267 Å². The molecule has 7 fully saturated rings. The molecule has 22 atom stereocenters. The Morgan fingerprint density at radius 2 is 0.536 bits per heavy atom. The maximum absolute atomic E-state index is 6.89. The van der Waals surface area contributed by atoms with Gasteiger partial charge in [-0.25, -0.2) is 0 Å². The number of hydrogen-bond donors (Lipinski definition) is 0. The fourth-order valence-electron chi connectivity index (χ4n) is 22.1. The van der Waals surface area contributed by atoms with Crippen LogP contribution >= 0.6 is 0 Å². The Morgan fingerprint density at radius 3 is 0.800 bits per heavy atom.